The summed E-state index contributed by atoms with van der Waals surface area (Å²) in [6.45, 7) is 3.83. The van der Waals surface area contributed by atoms with Crippen molar-refractivity contribution in [2.24, 2.45) is 0 Å². The molecule has 0 aliphatic heterocycles. The smallest absolute Gasteiger partial charge is 0.252 e. The summed E-state index contributed by atoms with van der Waals surface area (Å²) in [4.78, 5) is 31.6. The number of ether oxygens (including phenoxy) is 1. The molecular formula is C29H31FN10O2. The molecule has 0 saturated heterocycles. The van der Waals surface area contributed by atoms with Gasteiger partial charge < -0.3 is 15.4 Å². The second-order valence-electron chi connectivity index (χ2n) is 10.6. The molecule has 5 aromatic rings. The molecule has 216 valence electrons. The summed E-state index contributed by atoms with van der Waals surface area (Å²) >= 11 is 0. The summed E-state index contributed by atoms with van der Waals surface area (Å²) in [6.07, 6.45) is 9.79. The Morgan fingerprint density at radius 2 is 2.00 bits per heavy atom. The van der Waals surface area contributed by atoms with Crippen molar-refractivity contribution >= 4 is 28.4 Å². The molecule has 1 saturated carbocycles. The van der Waals surface area contributed by atoms with Gasteiger partial charge in [-0.25, -0.2) is 29.0 Å². The van der Waals surface area contributed by atoms with Crippen LogP contribution in [0.5, 0.6) is 0 Å². The van der Waals surface area contributed by atoms with E-state index < -0.39 is 11.4 Å². The normalized spacial score (nSPS) is 19.5. The number of anilines is 2. The van der Waals surface area contributed by atoms with Crippen LogP contribution in [0.15, 0.2) is 55.4 Å². The van der Waals surface area contributed by atoms with Crippen molar-refractivity contribution < 1.29 is 13.9 Å². The number of nitrogens with zero attached hydrogens (tertiary/aromatic N) is 7. The highest BCUT2D eigenvalue weighted by molar-refractivity contribution is 5.86. The van der Waals surface area contributed by atoms with Crippen LogP contribution in [0.4, 0.5) is 16.0 Å². The number of halogens is 1. The summed E-state index contributed by atoms with van der Waals surface area (Å²) in [6, 6.07) is 7.08. The third-order valence-electron chi connectivity index (χ3n) is 7.87. The van der Waals surface area contributed by atoms with E-state index in [1.54, 1.807) is 25.6 Å². The zero-order valence-electron chi connectivity index (χ0n) is 23.5. The molecule has 0 radical (unpaired) electrons. The van der Waals surface area contributed by atoms with Crippen molar-refractivity contribution in [1.82, 2.24) is 45.2 Å². The molecule has 3 N–H and O–H groups in total. The molecule has 1 aliphatic carbocycles. The molecule has 0 bridgehead atoms. The summed E-state index contributed by atoms with van der Waals surface area (Å²) in [5, 5.41) is 18.4. The van der Waals surface area contributed by atoms with Crippen LogP contribution in [0.2, 0.25) is 0 Å². The molecule has 12 nitrogen and oxygen atoms in total. The topological polar surface area (TPSA) is 148 Å². The highest BCUT2D eigenvalue weighted by Gasteiger charge is 2.43. The second-order valence-corrected chi connectivity index (χ2v) is 10.6. The van der Waals surface area contributed by atoms with Crippen LogP contribution >= 0.6 is 0 Å². The summed E-state index contributed by atoms with van der Waals surface area (Å²) in [5.74, 6) is 1.30. The standard InChI is InChI=1S/C29H31FN10O2/c1-17-10-24(39-38-17)36-23-11-21-12-31-16-33-26(21)27(37-23)19-6-8-29(42-3,9-7-19)28(41)35-18(2)20-4-5-25(32-13-20)40-15-22(30)14-34-40/h4-5,10-16,18-19H,6-9H2,1-3H3,(H,35,41)(H2,36,37,38,39)/t18-,19-,29+/m0/s1. The minimum absolute atomic E-state index is 0.0856. The molecule has 0 unspecified atom stereocenters. The van der Waals surface area contributed by atoms with Gasteiger partial charge in [0.05, 0.1) is 29.6 Å². The zero-order valence-corrected chi connectivity index (χ0v) is 23.5. The Labute approximate surface area is 241 Å². The van der Waals surface area contributed by atoms with Crippen LogP contribution in [0, 0.1) is 12.7 Å². The van der Waals surface area contributed by atoms with Gasteiger partial charge in [0, 0.05) is 42.6 Å². The fourth-order valence-corrected chi connectivity index (χ4v) is 5.49. The molecular weight excluding hydrogens is 539 g/mol. The molecule has 5 aromatic heterocycles. The summed E-state index contributed by atoms with van der Waals surface area (Å²) in [5.41, 5.74) is 2.46. The predicted octanol–water partition coefficient (Wildman–Crippen LogP) is 4.44. The van der Waals surface area contributed by atoms with Crippen LogP contribution in [0.3, 0.4) is 0 Å². The van der Waals surface area contributed by atoms with E-state index in [0.717, 1.165) is 34.1 Å². The first-order valence-corrected chi connectivity index (χ1v) is 13.8. The van der Waals surface area contributed by atoms with E-state index in [9.17, 15) is 9.18 Å². The van der Waals surface area contributed by atoms with Crippen molar-refractivity contribution in [3.05, 3.63) is 78.1 Å². The van der Waals surface area contributed by atoms with Crippen LogP contribution in [-0.4, -0.2) is 58.5 Å². The van der Waals surface area contributed by atoms with Gasteiger partial charge in [0.25, 0.3) is 5.91 Å². The molecule has 1 amide bonds. The maximum Gasteiger partial charge on any atom is 0.252 e. The van der Waals surface area contributed by atoms with Crippen molar-refractivity contribution in [3.8, 4) is 5.82 Å². The van der Waals surface area contributed by atoms with Gasteiger partial charge in [-0.15, -0.1) is 0 Å². The first-order chi connectivity index (χ1) is 20.3. The van der Waals surface area contributed by atoms with Crippen molar-refractivity contribution in [2.45, 2.75) is 57.1 Å². The van der Waals surface area contributed by atoms with Crippen LogP contribution in [0.25, 0.3) is 16.7 Å². The number of rotatable bonds is 8. The molecule has 1 atom stereocenters. The third kappa shape index (κ3) is 5.42. The number of carbonyl (C=O) groups excluding carboxylic acids is 1. The number of methoxy groups -OCH3 is 1. The van der Waals surface area contributed by atoms with E-state index >= 15 is 0 Å². The largest absolute Gasteiger partial charge is 0.368 e. The average Bonchev–Trinajstić information content (AvgIpc) is 3.64. The lowest BCUT2D eigenvalue weighted by Crippen LogP contribution is -2.50. The van der Waals surface area contributed by atoms with E-state index in [4.69, 9.17) is 9.72 Å². The number of nitrogens with one attached hydrogen (secondary N) is 3. The quantitative estimate of drug-likeness (QED) is 0.246. The first-order valence-electron chi connectivity index (χ1n) is 13.8. The first kappa shape index (κ1) is 27.4. The average molecular weight is 571 g/mol. The lowest BCUT2D eigenvalue weighted by Gasteiger charge is -2.38. The van der Waals surface area contributed by atoms with Gasteiger partial charge in [0.1, 0.15) is 17.7 Å². The molecule has 0 aromatic carbocycles. The number of hydrogen-bond acceptors (Lipinski definition) is 9. The van der Waals surface area contributed by atoms with Crippen molar-refractivity contribution in [3.63, 3.8) is 0 Å². The molecule has 42 heavy (non-hydrogen) atoms. The van der Waals surface area contributed by atoms with Gasteiger partial charge in [-0.2, -0.15) is 10.2 Å². The predicted molar refractivity (Wildman–Crippen MR) is 153 cm³/mol. The Bertz CT molecular complexity index is 1710. The number of aromatic amines is 1. The molecule has 0 spiro atoms. The maximum absolute atomic E-state index is 13.6. The minimum Gasteiger partial charge on any atom is -0.368 e. The Balaban J connectivity index is 1.16. The van der Waals surface area contributed by atoms with Crippen LogP contribution in [-0.2, 0) is 9.53 Å². The van der Waals surface area contributed by atoms with E-state index in [0.29, 0.717) is 43.1 Å². The van der Waals surface area contributed by atoms with Gasteiger partial charge in [0.2, 0.25) is 0 Å². The zero-order chi connectivity index (χ0) is 29.3. The van der Waals surface area contributed by atoms with E-state index in [2.05, 4.69) is 40.9 Å². The van der Waals surface area contributed by atoms with Gasteiger partial charge in [-0.3, -0.25) is 9.89 Å². The van der Waals surface area contributed by atoms with Gasteiger partial charge in [0.15, 0.2) is 17.5 Å². The number of aromatic nitrogens is 8. The number of carbonyl (C=O) groups is 1. The molecule has 1 aliphatic rings. The highest BCUT2D eigenvalue weighted by atomic mass is 19.1. The summed E-state index contributed by atoms with van der Waals surface area (Å²) in [7, 11) is 1.58. The second kappa shape index (κ2) is 11.2. The molecule has 6 rings (SSSR count). The number of hydrogen-bond donors (Lipinski definition) is 3. The molecule has 1 fully saturated rings. The Morgan fingerprint density at radius 3 is 2.67 bits per heavy atom. The summed E-state index contributed by atoms with van der Waals surface area (Å²) < 4.78 is 20.6. The van der Waals surface area contributed by atoms with Crippen LogP contribution < -0.4 is 10.6 Å². The Kier molecular flexibility index (Phi) is 7.33. The monoisotopic (exact) mass is 570 g/mol. The number of H-pyrrole nitrogens is 1. The number of pyridine rings is 2. The van der Waals surface area contributed by atoms with Crippen LogP contribution in [0.1, 0.15) is 61.5 Å². The lowest BCUT2D eigenvalue weighted by molar-refractivity contribution is -0.148. The fraction of sp³-hybridized carbons (Fsp3) is 0.345. The number of fused-ring (bicyclic) bond motifs is 1. The van der Waals surface area contributed by atoms with Gasteiger partial charge >= 0.3 is 0 Å². The van der Waals surface area contributed by atoms with Crippen molar-refractivity contribution in [1.29, 1.82) is 0 Å². The van der Waals surface area contributed by atoms with Crippen molar-refractivity contribution in [2.75, 3.05) is 12.4 Å². The maximum atomic E-state index is 13.6. The number of amides is 1. The van der Waals surface area contributed by atoms with Gasteiger partial charge in [-0.1, -0.05) is 6.07 Å². The molecule has 5 heterocycles. The fourth-order valence-electron chi connectivity index (χ4n) is 5.49. The highest BCUT2D eigenvalue weighted by Crippen LogP contribution is 2.41. The molecule has 13 heteroatoms. The minimum atomic E-state index is -0.960. The lowest BCUT2D eigenvalue weighted by atomic mass is 9.76. The number of aryl methyl sites for hydroxylation is 1. The Morgan fingerprint density at radius 1 is 1.17 bits per heavy atom. The van der Waals surface area contributed by atoms with E-state index in [1.165, 1.54) is 17.2 Å². The SMILES string of the molecule is CO[C@]1(C(=O)N[C@@H](C)c2ccc(-n3cc(F)cn3)nc2)CC[C@H](c2nc(Nc3cc(C)[nH]n3)cc3cncnc32)CC1. The van der Waals surface area contributed by atoms with Gasteiger partial charge in [-0.05, 0) is 57.2 Å². The Hall–Kier alpha value is -4.78. The van der Waals surface area contributed by atoms with E-state index in [1.807, 2.05) is 32.0 Å². The van der Waals surface area contributed by atoms with E-state index in [-0.39, 0.29) is 17.9 Å². The third-order valence-corrected chi connectivity index (χ3v) is 7.87.